The summed E-state index contributed by atoms with van der Waals surface area (Å²) in [6.45, 7) is 6.44. The molecule has 0 bridgehead atoms. The van der Waals surface area contributed by atoms with Gasteiger partial charge in [0.25, 0.3) is 0 Å². The monoisotopic (exact) mass is 244 g/mol. The Morgan fingerprint density at radius 1 is 1.11 bits per heavy atom. The van der Waals surface area contributed by atoms with Gasteiger partial charge in [0.1, 0.15) is 0 Å². The molecule has 0 radical (unpaired) electrons. The van der Waals surface area contributed by atoms with E-state index in [0.717, 1.165) is 38.3 Å². The van der Waals surface area contributed by atoms with E-state index in [0.29, 0.717) is 6.42 Å². The summed E-state index contributed by atoms with van der Waals surface area (Å²) >= 11 is 0. The van der Waals surface area contributed by atoms with Crippen molar-refractivity contribution in [1.82, 2.24) is 5.32 Å². The van der Waals surface area contributed by atoms with Gasteiger partial charge >= 0.3 is 0 Å². The lowest BCUT2D eigenvalue weighted by Crippen LogP contribution is -2.18. The van der Waals surface area contributed by atoms with E-state index in [-0.39, 0.29) is 0 Å². The third-order valence-electron chi connectivity index (χ3n) is 2.90. The number of nitrogens with zero attached hydrogens (tertiary/aromatic N) is 1. The molecule has 0 spiro atoms. The molecule has 2 heteroatoms. The molecular weight excluding hydrogens is 220 g/mol. The van der Waals surface area contributed by atoms with Crippen molar-refractivity contribution in [2.75, 3.05) is 13.1 Å². The number of hydrogen-bond donors (Lipinski definition) is 1. The van der Waals surface area contributed by atoms with Gasteiger partial charge in [-0.1, -0.05) is 38.1 Å². The van der Waals surface area contributed by atoms with Crippen LogP contribution in [0.25, 0.3) is 0 Å². The number of nitriles is 1. The highest BCUT2D eigenvalue weighted by atomic mass is 14.8. The molecule has 98 valence electrons. The summed E-state index contributed by atoms with van der Waals surface area (Å²) < 4.78 is 0. The number of benzene rings is 1. The van der Waals surface area contributed by atoms with Gasteiger partial charge < -0.3 is 5.32 Å². The predicted octanol–water partition coefficient (Wildman–Crippen LogP) is 3.32. The van der Waals surface area contributed by atoms with Gasteiger partial charge in [0.2, 0.25) is 0 Å². The SMILES string of the molecule is CC(C)Cc1ccc(CCNCCCC#N)cc1. The zero-order chi connectivity index (χ0) is 13.2. The zero-order valence-electron chi connectivity index (χ0n) is 11.6. The molecule has 0 fully saturated rings. The summed E-state index contributed by atoms with van der Waals surface area (Å²) in [4.78, 5) is 0. The topological polar surface area (TPSA) is 35.8 Å². The molecule has 0 amide bonds. The van der Waals surface area contributed by atoms with E-state index in [1.807, 2.05) is 0 Å². The molecule has 0 saturated carbocycles. The summed E-state index contributed by atoms with van der Waals surface area (Å²) in [5.74, 6) is 0.720. The number of rotatable bonds is 8. The van der Waals surface area contributed by atoms with Crippen LogP contribution in [-0.2, 0) is 12.8 Å². The molecule has 0 aromatic heterocycles. The third kappa shape index (κ3) is 6.42. The lowest BCUT2D eigenvalue weighted by molar-refractivity contribution is 0.645. The first kappa shape index (κ1) is 14.7. The van der Waals surface area contributed by atoms with Crippen molar-refractivity contribution in [3.05, 3.63) is 35.4 Å². The maximum Gasteiger partial charge on any atom is 0.0622 e. The summed E-state index contributed by atoms with van der Waals surface area (Å²) in [5.41, 5.74) is 2.81. The van der Waals surface area contributed by atoms with Gasteiger partial charge in [0.15, 0.2) is 0 Å². The Kier molecular flexibility index (Phi) is 7.13. The van der Waals surface area contributed by atoms with Crippen LogP contribution in [0.2, 0.25) is 0 Å². The number of hydrogen-bond acceptors (Lipinski definition) is 2. The van der Waals surface area contributed by atoms with Crippen LogP contribution >= 0.6 is 0 Å². The van der Waals surface area contributed by atoms with Gasteiger partial charge in [-0.15, -0.1) is 0 Å². The van der Waals surface area contributed by atoms with Crippen LogP contribution in [0.5, 0.6) is 0 Å². The summed E-state index contributed by atoms with van der Waals surface area (Å²) in [6.07, 6.45) is 3.82. The van der Waals surface area contributed by atoms with Crippen molar-refractivity contribution in [3.8, 4) is 6.07 Å². The quantitative estimate of drug-likeness (QED) is 0.712. The van der Waals surface area contributed by atoms with Gasteiger partial charge in [-0.25, -0.2) is 0 Å². The summed E-state index contributed by atoms with van der Waals surface area (Å²) in [6, 6.07) is 11.1. The fourth-order valence-electron chi connectivity index (χ4n) is 1.96. The minimum Gasteiger partial charge on any atom is -0.316 e. The van der Waals surface area contributed by atoms with Crippen molar-refractivity contribution >= 4 is 0 Å². The number of unbranched alkanes of at least 4 members (excludes halogenated alkanes) is 1. The highest BCUT2D eigenvalue weighted by Crippen LogP contribution is 2.09. The van der Waals surface area contributed by atoms with Gasteiger partial charge in [-0.2, -0.15) is 5.26 Å². The minimum atomic E-state index is 0.650. The van der Waals surface area contributed by atoms with Gasteiger partial charge in [0.05, 0.1) is 6.07 Å². The average molecular weight is 244 g/mol. The van der Waals surface area contributed by atoms with Gasteiger partial charge in [0, 0.05) is 6.42 Å². The first-order valence-electron chi connectivity index (χ1n) is 6.88. The molecule has 2 nitrogen and oxygen atoms in total. The second kappa shape index (κ2) is 8.72. The van der Waals surface area contributed by atoms with Crippen LogP contribution in [0, 0.1) is 17.2 Å². The molecule has 0 heterocycles. The molecule has 0 unspecified atom stereocenters. The Morgan fingerprint density at radius 2 is 1.78 bits per heavy atom. The van der Waals surface area contributed by atoms with Crippen LogP contribution < -0.4 is 5.32 Å². The predicted molar refractivity (Wildman–Crippen MR) is 76.4 cm³/mol. The van der Waals surface area contributed by atoms with E-state index >= 15 is 0 Å². The van der Waals surface area contributed by atoms with Crippen molar-refractivity contribution in [3.63, 3.8) is 0 Å². The van der Waals surface area contributed by atoms with E-state index in [1.165, 1.54) is 11.1 Å². The third-order valence-corrected chi connectivity index (χ3v) is 2.90. The van der Waals surface area contributed by atoms with Crippen LogP contribution in [0.3, 0.4) is 0 Å². The molecule has 18 heavy (non-hydrogen) atoms. The first-order chi connectivity index (χ1) is 8.72. The van der Waals surface area contributed by atoms with Crippen LogP contribution in [0.1, 0.15) is 37.8 Å². The normalized spacial score (nSPS) is 10.6. The van der Waals surface area contributed by atoms with Crippen LogP contribution in [-0.4, -0.2) is 13.1 Å². The second-order valence-corrected chi connectivity index (χ2v) is 5.18. The molecule has 1 aromatic carbocycles. The molecule has 1 rings (SSSR count). The van der Waals surface area contributed by atoms with E-state index < -0.39 is 0 Å². The van der Waals surface area contributed by atoms with Gasteiger partial charge in [-0.3, -0.25) is 0 Å². The second-order valence-electron chi connectivity index (χ2n) is 5.18. The molecular formula is C16H24N2. The molecule has 1 aromatic rings. The fourth-order valence-corrected chi connectivity index (χ4v) is 1.96. The largest absolute Gasteiger partial charge is 0.316 e. The molecule has 0 aliphatic carbocycles. The van der Waals surface area contributed by atoms with Crippen LogP contribution in [0.4, 0.5) is 0 Å². The lowest BCUT2D eigenvalue weighted by Gasteiger charge is -2.07. The molecule has 0 atom stereocenters. The molecule has 0 aliphatic heterocycles. The Hall–Kier alpha value is -1.33. The van der Waals surface area contributed by atoms with E-state index in [1.54, 1.807) is 0 Å². The van der Waals surface area contributed by atoms with Crippen molar-refractivity contribution < 1.29 is 0 Å². The smallest absolute Gasteiger partial charge is 0.0622 e. The van der Waals surface area contributed by atoms with E-state index in [2.05, 4.69) is 49.5 Å². The fraction of sp³-hybridized carbons (Fsp3) is 0.562. The average Bonchev–Trinajstić information content (AvgIpc) is 2.35. The van der Waals surface area contributed by atoms with Gasteiger partial charge in [-0.05, 0) is 49.4 Å². The Morgan fingerprint density at radius 3 is 2.39 bits per heavy atom. The summed E-state index contributed by atoms with van der Waals surface area (Å²) in [5, 5.41) is 11.8. The lowest BCUT2D eigenvalue weighted by atomic mass is 10.0. The Balaban J connectivity index is 2.21. The Labute approximate surface area is 111 Å². The molecule has 0 saturated heterocycles. The molecule has 1 N–H and O–H groups in total. The maximum absolute atomic E-state index is 8.41. The summed E-state index contributed by atoms with van der Waals surface area (Å²) in [7, 11) is 0. The maximum atomic E-state index is 8.41. The van der Waals surface area contributed by atoms with E-state index in [9.17, 15) is 0 Å². The van der Waals surface area contributed by atoms with E-state index in [4.69, 9.17) is 5.26 Å². The Bertz CT molecular complexity index is 360. The van der Waals surface area contributed by atoms with Crippen molar-refractivity contribution in [2.45, 2.75) is 39.5 Å². The standard InChI is InChI=1S/C16H24N2/c1-14(2)13-16-7-5-15(6-8-16)9-12-18-11-4-3-10-17/h5-8,14,18H,3-4,9,11-13H2,1-2H3. The highest BCUT2D eigenvalue weighted by Gasteiger charge is 1.98. The van der Waals surface area contributed by atoms with Crippen molar-refractivity contribution in [2.24, 2.45) is 5.92 Å². The highest BCUT2D eigenvalue weighted by molar-refractivity contribution is 5.23. The van der Waals surface area contributed by atoms with Crippen LogP contribution in [0.15, 0.2) is 24.3 Å². The number of nitrogens with one attached hydrogen (secondary N) is 1. The molecule has 0 aliphatic rings. The zero-order valence-corrected chi connectivity index (χ0v) is 11.6. The first-order valence-corrected chi connectivity index (χ1v) is 6.88. The van der Waals surface area contributed by atoms with Crippen molar-refractivity contribution in [1.29, 1.82) is 5.26 Å². The minimum absolute atomic E-state index is 0.650.